The maximum Gasteiger partial charge on any atom is 0.251 e. The number of benzene rings is 3. The summed E-state index contributed by atoms with van der Waals surface area (Å²) in [7, 11) is 0. The maximum absolute atomic E-state index is 12.7. The summed E-state index contributed by atoms with van der Waals surface area (Å²) >= 11 is 0. The van der Waals surface area contributed by atoms with E-state index in [-0.39, 0.29) is 11.9 Å². The highest BCUT2D eigenvalue weighted by atomic mass is 16.5. The number of aryl methyl sites for hydroxylation is 1. The van der Waals surface area contributed by atoms with Crippen molar-refractivity contribution in [3.63, 3.8) is 0 Å². The summed E-state index contributed by atoms with van der Waals surface area (Å²) in [5, 5.41) is 5.44. The summed E-state index contributed by atoms with van der Waals surface area (Å²) in [6.45, 7) is 3.28. The maximum atomic E-state index is 12.7. The van der Waals surface area contributed by atoms with Gasteiger partial charge in [-0.05, 0) is 60.5 Å². The predicted molar refractivity (Wildman–Crippen MR) is 134 cm³/mol. The molecule has 1 amide bonds. The first-order valence-electron chi connectivity index (χ1n) is 11.5. The van der Waals surface area contributed by atoms with Crippen molar-refractivity contribution in [1.29, 1.82) is 0 Å². The van der Waals surface area contributed by atoms with Crippen LogP contribution >= 0.6 is 0 Å². The van der Waals surface area contributed by atoms with E-state index in [0.29, 0.717) is 12.2 Å². The standard InChI is InChI=1S/C28H26N4O2/c1-20(30-28(33)22-13-15-29-16-14-22)27-31-25-9-4-5-10-26(25)32(27)17-6-18-34-24-12-11-21-7-2-3-8-23(21)19-24/h2-5,7-16,19-20H,6,17-18H2,1H3,(H,30,33). The van der Waals surface area contributed by atoms with E-state index < -0.39 is 0 Å². The number of amides is 1. The lowest BCUT2D eigenvalue weighted by molar-refractivity contribution is 0.0937. The Morgan fingerprint density at radius 3 is 2.59 bits per heavy atom. The number of rotatable bonds is 8. The number of para-hydroxylation sites is 2. The molecular formula is C28H26N4O2. The summed E-state index contributed by atoms with van der Waals surface area (Å²) in [6.07, 6.45) is 4.04. The third-order valence-corrected chi connectivity index (χ3v) is 5.88. The molecule has 1 atom stereocenters. The molecule has 5 aromatic rings. The van der Waals surface area contributed by atoms with Crippen LogP contribution in [0.5, 0.6) is 5.75 Å². The van der Waals surface area contributed by atoms with Gasteiger partial charge in [-0.3, -0.25) is 9.78 Å². The van der Waals surface area contributed by atoms with Crippen LogP contribution in [0.1, 0.15) is 35.6 Å². The highest BCUT2D eigenvalue weighted by Crippen LogP contribution is 2.23. The summed E-state index contributed by atoms with van der Waals surface area (Å²) in [5.41, 5.74) is 2.54. The van der Waals surface area contributed by atoms with Gasteiger partial charge in [0.25, 0.3) is 5.91 Å². The van der Waals surface area contributed by atoms with E-state index >= 15 is 0 Å². The Hall–Kier alpha value is -4.19. The van der Waals surface area contributed by atoms with Gasteiger partial charge in [0.15, 0.2) is 0 Å². The minimum absolute atomic E-state index is 0.145. The third-order valence-electron chi connectivity index (χ3n) is 5.88. The topological polar surface area (TPSA) is 69.0 Å². The van der Waals surface area contributed by atoms with E-state index in [1.54, 1.807) is 24.5 Å². The lowest BCUT2D eigenvalue weighted by Crippen LogP contribution is -2.28. The molecule has 0 spiro atoms. The van der Waals surface area contributed by atoms with E-state index in [1.807, 2.05) is 43.3 Å². The van der Waals surface area contributed by atoms with E-state index in [1.165, 1.54) is 10.8 Å². The molecule has 34 heavy (non-hydrogen) atoms. The predicted octanol–water partition coefficient (Wildman–Crippen LogP) is 5.54. The van der Waals surface area contributed by atoms with Crippen molar-refractivity contribution in [1.82, 2.24) is 19.9 Å². The fourth-order valence-corrected chi connectivity index (χ4v) is 4.18. The van der Waals surface area contributed by atoms with Crippen LogP contribution in [0.25, 0.3) is 21.8 Å². The molecule has 0 saturated heterocycles. The fourth-order valence-electron chi connectivity index (χ4n) is 4.18. The number of pyridine rings is 1. The van der Waals surface area contributed by atoms with Crippen molar-refractivity contribution in [2.24, 2.45) is 0 Å². The van der Waals surface area contributed by atoms with Crippen LogP contribution in [0.2, 0.25) is 0 Å². The number of carbonyl (C=O) groups is 1. The molecule has 6 nitrogen and oxygen atoms in total. The second kappa shape index (κ2) is 9.75. The van der Waals surface area contributed by atoms with Crippen molar-refractivity contribution in [2.45, 2.75) is 25.9 Å². The average molecular weight is 451 g/mol. The average Bonchev–Trinajstić information content (AvgIpc) is 3.26. The van der Waals surface area contributed by atoms with Crippen LogP contribution < -0.4 is 10.1 Å². The number of aromatic nitrogens is 3. The first kappa shape index (κ1) is 21.6. The summed E-state index contributed by atoms with van der Waals surface area (Å²) in [5.74, 6) is 1.55. The number of hydrogen-bond acceptors (Lipinski definition) is 4. The molecule has 170 valence electrons. The quantitative estimate of drug-likeness (QED) is 0.315. The van der Waals surface area contributed by atoms with E-state index in [4.69, 9.17) is 9.72 Å². The largest absolute Gasteiger partial charge is 0.494 e. The van der Waals surface area contributed by atoms with E-state index in [9.17, 15) is 4.79 Å². The third kappa shape index (κ3) is 4.62. The van der Waals surface area contributed by atoms with Crippen LogP contribution in [-0.2, 0) is 6.54 Å². The molecule has 1 N–H and O–H groups in total. The Morgan fingerprint density at radius 1 is 0.971 bits per heavy atom. The molecule has 2 aromatic heterocycles. The zero-order valence-electron chi connectivity index (χ0n) is 19.0. The van der Waals surface area contributed by atoms with Gasteiger partial charge in [0.05, 0.1) is 23.7 Å². The van der Waals surface area contributed by atoms with Crippen LogP contribution in [0.3, 0.4) is 0 Å². The number of nitrogens with zero attached hydrogens (tertiary/aromatic N) is 3. The highest BCUT2D eigenvalue weighted by Gasteiger charge is 2.19. The number of imidazole rings is 1. The normalized spacial score (nSPS) is 12.0. The Balaban J connectivity index is 1.29. The lowest BCUT2D eigenvalue weighted by Gasteiger charge is -2.17. The van der Waals surface area contributed by atoms with Crippen molar-refractivity contribution in [2.75, 3.05) is 6.61 Å². The number of hydrogen-bond donors (Lipinski definition) is 1. The van der Waals surface area contributed by atoms with Crippen LogP contribution in [0, 0.1) is 0 Å². The molecular weight excluding hydrogens is 424 g/mol. The molecule has 0 fully saturated rings. The van der Waals surface area contributed by atoms with Crippen molar-refractivity contribution in [3.05, 3.63) is 103 Å². The molecule has 0 aliphatic rings. The summed E-state index contributed by atoms with van der Waals surface area (Å²) in [4.78, 5) is 21.5. The molecule has 5 rings (SSSR count). The second-order valence-electron chi connectivity index (χ2n) is 8.25. The number of carbonyl (C=O) groups excluding carboxylic acids is 1. The van der Waals surface area contributed by atoms with Crippen molar-refractivity contribution in [3.8, 4) is 5.75 Å². The van der Waals surface area contributed by atoms with Gasteiger partial charge in [0.2, 0.25) is 0 Å². The Morgan fingerprint density at radius 2 is 1.74 bits per heavy atom. The molecule has 0 bridgehead atoms. The van der Waals surface area contributed by atoms with Gasteiger partial charge in [-0.25, -0.2) is 4.98 Å². The van der Waals surface area contributed by atoms with Gasteiger partial charge in [-0.1, -0.05) is 42.5 Å². The van der Waals surface area contributed by atoms with Gasteiger partial charge in [0, 0.05) is 24.5 Å². The van der Waals surface area contributed by atoms with Gasteiger partial charge in [0.1, 0.15) is 11.6 Å². The van der Waals surface area contributed by atoms with Gasteiger partial charge >= 0.3 is 0 Å². The van der Waals surface area contributed by atoms with Gasteiger partial charge in [-0.15, -0.1) is 0 Å². The summed E-state index contributed by atoms with van der Waals surface area (Å²) < 4.78 is 8.21. The molecule has 0 radical (unpaired) electrons. The second-order valence-corrected chi connectivity index (χ2v) is 8.25. The van der Waals surface area contributed by atoms with Crippen LogP contribution in [-0.4, -0.2) is 27.0 Å². The molecule has 6 heteroatoms. The fraction of sp³-hybridized carbons (Fsp3) is 0.179. The Bertz CT molecular complexity index is 1430. The molecule has 0 saturated carbocycles. The van der Waals surface area contributed by atoms with E-state index in [0.717, 1.165) is 35.6 Å². The molecule has 0 aliphatic carbocycles. The van der Waals surface area contributed by atoms with E-state index in [2.05, 4.69) is 45.2 Å². The highest BCUT2D eigenvalue weighted by molar-refractivity contribution is 5.94. The zero-order chi connectivity index (χ0) is 23.3. The minimum Gasteiger partial charge on any atom is -0.494 e. The SMILES string of the molecule is CC(NC(=O)c1ccncc1)c1nc2ccccc2n1CCCOc1ccc2ccccc2c1. The Labute approximate surface area is 198 Å². The van der Waals surface area contributed by atoms with Crippen molar-refractivity contribution < 1.29 is 9.53 Å². The molecule has 0 aliphatic heterocycles. The zero-order valence-corrected chi connectivity index (χ0v) is 19.0. The van der Waals surface area contributed by atoms with Gasteiger partial charge in [-0.2, -0.15) is 0 Å². The molecule has 3 aromatic carbocycles. The smallest absolute Gasteiger partial charge is 0.251 e. The number of nitrogens with one attached hydrogen (secondary N) is 1. The number of fused-ring (bicyclic) bond motifs is 2. The first-order valence-corrected chi connectivity index (χ1v) is 11.5. The summed E-state index contributed by atoms with van der Waals surface area (Å²) in [6, 6.07) is 25.6. The van der Waals surface area contributed by atoms with Gasteiger partial charge < -0.3 is 14.6 Å². The first-order chi connectivity index (χ1) is 16.7. The van der Waals surface area contributed by atoms with Crippen molar-refractivity contribution >= 4 is 27.7 Å². The monoisotopic (exact) mass is 450 g/mol. The lowest BCUT2D eigenvalue weighted by atomic mass is 10.1. The molecule has 1 unspecified atom stereocenters. The van der Waals surface area contributed by atoms with Crippen LogP contribution in [0.15, 0.2) is 91.3 Å². The Kier molecular flexibility index (Phi) is 6.21. The molecule has 2 heterocycles. The van der Waals surface area contributed by atoms with Crippen LogP contribution in [0.4, 0.5) is 0 Å². The minimum atomic E-state index is -0.255. The number of ether oxygens (including phenoxy) is 1.